The van der Waals surface area contributed by atoms with Crippen molar-refractivity contribution in [1.29, 1.82) is 0 Å². The summed E-state index contributed by atoms with van der Waals surface area (Å²) in [7, 11) is -1.98. The topological polar surface area (TPSA) is 97.3 Å². The highest BCUT2D eigenvalue weighted by Crippen LogP contribution is 2.36. The lowest BCUT2D eigenvalue weighted by molar-refractivity contribution is -0.124. The molecule has 8 heteroatoms. The van der Waals surface area contributed by atoms with Crippen LogP contribution < -0.4 is 14.8 Å². The van der Waals surface area contributed by atoms with Gasteiger partial charge in [-0.1, -0.05) is 36.4 Å². The Bertz CT molecular complexity index is 742. The number of nitrogens with one attached hydrogen (secondary N) is 1. The maximum absolute atomic E-state index is 12.2. The molecule has 0 saturated heterocycles. The van der Waals surface area contributed by atoms with Crippen LogP contribution >= 0.6 is 0 Å². The van der Waals surface area contributed by atoms with Gasteiger partial charge in [-0.05, 0) is 18.2 Å². The van der Waals surface area contributed by atoms with E-state index in [1.165, 1.54) is 0 Å². The van der Waals surface area contributed by atoms with Crippen LogP contribution in [0.3, 0.4) is 0 Å². The molecule has 0 bridgehead atoms. The van der Waals surface area contributed by atoms with E-state index >= 15 is 0 Å². The van der Waals surface area contributed by atoms with E-state index in [4.69, 9.17) is 24.2 Å². The van der Waals surface area contributed by atoms with Gasteiger partial charge in [0, 0.05) is 17.9 Å². The van der Waals surface area contributed by atoms with Crippen molar-refractivity contribution in [1.82, 2.24) is 5.32 Å². The smallest absolute Gasteiger partial charge is 0.493 e. The van der Waals surface area contributed by atoms with Crippen LogP contribution in [0, 0.1) is 0 Å². The fourth-order valence-corrected chi connectivity index (χ4v) is 3.01. The summed E-state index contributed by atoms with van der Waals surface area (Å²) >= 11 is 0. The molecule has 1 amide bonds. The molecule has 2 atom stereocenters. The van der Waals surface area contributed by atoms with Crippen LogP contribution in [0.1, 0.15) is 24.3 Å². The Kier molecular flexibility index (Phi) is 6.70. The third-order valence-corrected chi connectivity index (χ3v) is 4.25. The van der Waals surface area contributed by atoms with E-state index in [0.29, 0.717) is 18.8 Å². The van der Waals surface area contributed by atoms with Crippen molar-refractivity contribution in [3.63, 3.8) is 0 Å². The van der Waals surface area contributed by atoms with Crippen LogP contribution in [0.25, 0.3) is 0 Å². The van der Waals surface area contributed by atoms with Gasteiger partial charge in [0.1, 0.15) is 17.7 Å². The summed E-state index contributed by atoms with van der Waals surface area (Å²) in [5, 5.41) is 21.0. The van der Waals surface area contributed by atoms with Gasteiger partial charge in [-0.3, -0.25) is 4.79 Å². The van der Waals surface area contributed by atoms with Crippen molar-refractivity contribution >= 4 is 13.2 Å². The lowest BCUT2D eigenvalue weighted by atomic mass is 9.96. The highest BCUT2D eigenvalue weighted by Gasteiger charge is 2.29. The summed E-state index contributed by atoms with van der Waals surface area (Å²) in [4.78, 5) is 12.2. The van der Waals surface area contributed by atoms with Gasteiger partial charge < -0.3 is 29.5 Å². The predicted octanol–water partition coefficient (Wildman–Crippen LogP) is 1.45. The molecule has 1 heterocycles. The van der Waals surface area contributed by atoms with Gasteiger partial charge in [0.15, 0.2) is 0 Å². The fraction of sp³-hybridized carbons (Fsp3) is 0.316. The number of carbonyl (C=O) groups is 1. The van der Waals surface area contributed by atoms with Gasteiger partial charge in [0.05, 0.1) is 19.6 Å². The molecule has 1 aliphatic heterocycles. The van der Waals surface area contributed by atoms with Gasteiger partial charge >= 0.3 is 7.32 Å². The number of rotatable bonds is 9. The Labute approximate surface area is 158 Å². The molecule has 2 aromatic carbocycles. The average Bonchev–Trinajstić information content (AvgIpc) is 3.05. The largest absolute Gasteiger partial charge is 0.635 e. The first-order chi connectivity index (χ1) is 13.1. The lowest BCUT2D eigenvalue weighted by Gasteiger charge is -2.22. The Hall–Kier alpha value is -2.55. The van der Waals surface area contributed by atoms with Crippen molar-refractivity contribution in [2.45, 2.75) is 25.0 Å². The van der Waals surface area contributed by atoms with Gasteiger partial charge in [-0.2, -0.15) is 0 Å². The number of hydrogen-bond donors (Lipinski definition) is 3. The van der Waals surface area contributed by atoms with Crippen molar-refractivity contribution in [3.05, 3.63) is 60.2 Å². The molecule has 1 aliphatic rings. The molecular weight excluding hydrogens is 349 g/mol. The van der Waals surface area contributed by atoms with Crippen LogP contribution in [0.4, 0.5) is 0 Å². The second-order valence-corrected chi connectivity index (χ2v) is 6.21. The summed E-state index contributed by atoms with van der Waals surface area (Å²) in [5.74, 6) is 1.17. The van der Waals surface area contributed by atoms with Crippen molar-refractivity contribution < 1.29 is 29.0 Å². The highest BCUT2D eigenvalue weighted by molar-refractivity contribution is 6.32. The van der Waals surface area contributed by atoms with Crippen molar-refractivity contribution in [2.24, 2.45) is 0 Å². The molecule has 0 fully saturated rings. The molecule has 0 saturated carbocycles. The molecule has 0 radical (unpaired) electrons. The van der Waals surface area contributed by atoms with E-state index in [1.54, 1.807) is 0 Å². The van der Waals surface area contributed by atoms with E-state index in [-0.39, 0.29) is 24.9 Å². The van der Waals surface area contributed by atoms with Crippen LogP contribution in [0.2, 0.25) is 0 Å². The maximum atomic E-state index is 12.2. The summed E-state index contributed by atoms with van der Waals surface area (Å²) < 4.78 is 16.2. The number of hydrogen-bond acceptors (Lipinski definition) is 6. The first-order valence-electron chi connectivity index (χ1n) is 8.82. The Morgan fingerprint density at radius 2 is 1.93 bits per heavy atom. The van der Waals surface area contributed by atoms with Gasteiger partial charge in [-0.25, -0.2) is 0 Å². The second-order valence-electron chi connectivity index (χ2n) is 6.21. The zero-order chi connectivity index (χ0) is 19.1. The highest BCUT2D eigenvalue weighted by atomic mass is 16.6. The minimum Gasteiger partial charge on any atom is -0.493 e. The molecule has 0 aromatic heterocycles. The Morgan fingerprint density at radius 3 is 2.70 bits per heavy atom. The monoisotopic (exact) mass is 371 g/mol. The normalized spacial score (nSPS) is 16.1. The summed E-state index contributed by atoms with van der Waals surface area (Å²) in [6.45, 7) is 0.660. The second kappa shape index (κ2) is 9.41. The molecule has 0 spiro atoms. The number of amides is 1. The number of para-hydroxylation sites is 2. The molecule has 2 aromatic rings. The Morgan fingerprint density at radius 1 is 1.19 bits per heavy atom. The zero-order valence-corrected chi connectivity index (χ0v) is 14.8. The van der Waals surface area contributed by atoms with Crippen LogP contribution in [-0.2, 0) is 9.45 Å². The molecule has 27 heavy (non-hydrogen) atoms. The van der Waals surface area contributed by atoms with Crippen LogP contribution in [0.5, 0.6) is 11.5 Å². The number of benzene rings is 2. The van der Waals surface area contributed by atoms with E-state index < -0.39 is 13.5 Å². The average molecular weight is 371 g/mol. The standard InChI is InChI=1S/C19H22BNO6/c22-18(10-11-25-15-6-2-1-3-7-15)21-19(27-20(23)24)12-14-13-26-17-9-5-4-8-16(14)17/h1-9,14,19,23-24H,10-13H2,(H,21,22)/t14-,19-/m1/s1. The Balaban J connectivity index is 1.51. The van der Waals surface area contributed by atoms with Gasteiger partial charge in [-0.15, -0.1) is 0 Å². The molecule has 0 aliphatic carbocycles. The predicted molar refractivity (Wildman–Crippen MR) is 99.1 cm³/mol. The molecule has 142 valence electrons. The molecular formula is C19H22BNO6. The van der Waals surface area contributed by atoms with Crippen LogP contribution in [-0.4, -0.2) is 42.7 Å². The molecule has 3 N–H and O–H groups in total. The van der Waals surface area contributed by atoms with Crippen LogP contribution in [0.15, 0.2) is 54.6 Å². The minimum absolute atomic E-state index is 0.00850. The third kappa shape index (κ3) is 5.72. The van der Waals surface area contributed by atoms with E-state index in [2.05, 4.69) is 5.32 Å². The lowest BCUT2D eigenvalue weighted by Crippen LogP contribution is -2.42. The maximum Gasteiger partial charge on any atom is 0.635 e. The third-order valence-electron chi connectivity index (χ3n) is 4.25. The minimum atomic E-state index is -1.98. The summed E-state index contributed by atoms with van der Waals surface area (Å²) in [6, 6.07) is 16.8. The summed E-state index contributed by atoms with van der Waals surface area (Å²) in [5.41, 5.74) is 1.01. The number of ether oxygens (including phenoxy) is 2. The quantitative estimate of drug-likeness (QED) is 0.456. The first kappa shape index (κ1) is 19.2. The van der Waals surface area contributed by atoms with E-state index in [1.807, 2.05) is 54.6 Å². The number of carbonyl (C=O) groups excluding carboxylic acids is 1. The SMILES string of the molecule is O=C(CCOc1ccccc1)N[C@@H](C[C@@H]1COc2ccccc21)OB(O)O. The van der Waals surface area contributed by atoms with E-state index in [0.717, 1.165) is 11.3 Å². The molecule has 7 nitrogen and oxygen atoms in total. The van der Waals surface area contributed by atoms with Gasteiger partial charge in [0.25, 0.3) is 0 Å². The summed E-state index contributed by atoms with van der Waals surface area (Å²) in [6.07, 6.45) is -0.373. The molecule has 0 unspecified atom stereocenters. The van der Waals surface area contributed by atoms with Crippen molar-refractivity contribution in [3.8, 4) is 11.5 Å². The number of fused-ring (bicyclic) bond motifs is 1. The zero-order valence-electron chi connectivity index (χ0n) is 14.8. The van der Waals surface area contributed by atoms with Gasteiger partial charge in [0.2, 0.25) is 5.91 Å². The molecule has 3 rings (SSSR count). The first-order valence-corrected chi connectivity index (χ1v) is 8.82. The fourth-order valence-electron chi connectivity index (χ4n) is 3.01. The van der Waals surface area contributed by atoms with Crippen molar-refractivity contribution in [2.75, 3.05) is 13.2 Å². The van der Waals surface area contributed by atoms with E-state index in [9.17, 15) is 4.79 Å².